The smallest absolute Gasteiger partial charge is 0.0845 e. The van der Waals surface area contributed by atoms with Gasteiger partial charge in [0, 0.05) is 0 Å². The molecule has 9 heavy (non-hydrogen) atoms. The summed E-state index contributed by atoms with van der Waals surface area (Å²) in [5.74, 6) is 0. The van der Waals surface area contributed by atoms with E-state index in [9.17, 15) is 0 Å². The van der Waals surface area contributed by atoms with Gasteiger partial charge in [0.05, 0.1) is 0 Å². The van der Waals surface area contributed by atoms with Crippen molar-refractivity contribution in [3.05, 3.63) is 22.7 Å². The molecule has 0 radical (unpaired) electrons. The molecule has 0 aromatic heterocycles. The van der Waals surface area contributed by atoms with Crippen LogP contribution in [0.5, 0.6) is 0 Å². The second kappa shape index (κ2) is 6.18. The summed E-state index contributed by atoms with van der Waals surface area (Å²) in [6.45, 7) is 2.12. The van der Waals surface area contributed by atoms with Gasteiger partial charge in [-0.05, 0) is 12.5 Å². The number of allylic oxidation sites excluding steroid dienone is 3. The summed E-state index contributed by atoms with van der Waals surface area (Å²) in [7, 11) is 0. The van der Waals surface area contributed by atoms with E-state index < -0.39 is 0 Å². The third-order valence-electron chi connectivity index (χ3n) is 0.814. The van der Waals surface area contributed by atoms with Crippen LogP contribution in [0.2, 0.25) is 0 Å². The van der Waals surface area contributed by atoms with Gasteiger partial charge in [0.1, 0.15) is 4.49 Å². The van der Waals surface area contributed by atoms with E-state index in [1.165, 1.54) is 0 Å². The monoisotopic (exact) mass is 164 g/mol. The van der Waals surface area contributed by atoms with Crippen LogP contribution in [-0.2, 0) is 0 Å². The highest BCUT2D eigenvalue weighted by Gasteiger charge is 1.75. The molecule has 0 aliphatic rings. The van der Waals surface area contributed by atoms with Gasteiger partial charge >= 0.3 is 0 Å². The first-order valence-electron chi connectivity index (χ1n) is 2.95. The lowest BCUT2D eigenvalue weighted by Crippen LogP contribution is -1.58. The summed E-state index contributed by atoms with van der Waals surface area (Å²) in [6.07, 6.45) is 7.80. The molecule has 0 unspecified atom stereocenters. The molecule has 0 aliphatic heterocycles. The van der Waals surface area contributed by atoms with Crippen molar-refractivity contribution in [2.45, 2.75) is 19.8 Å². The largest absolute Gasteiger partial charge is 0.106 e. The number of halogens is 2. The Morgan fingerprint density at radius 1 is 1.44 bits per heavy atom. The molecule has 0 bridgehead atoms. The van der Waals surface area contributed by atoms with E-state index in [0.717, 1.165) is 12.8 Å². The second-order valence-electron chi connectivity index (χ2n) is 1.67. The van der Waals surface area contributed by atoms with Crippen molar-refractivity contribution in [3.63, 3.8) is 0 Å². The summed E-state index contributed by atoms with van der Waals surface area (Å²) in [4.78, 5) is 0. The van der Waals surface area contributed by atoms with Crippen molar-refractivity contribution in [3.8, 4) is 0 Å². The highest BCUT2D eigenvalue weighted by Crippen LogP contribution is 2.05. The Kier molecular flexibility index (Phi) is 6.23. The Hall–Kier alpha value is 0.0600. The summed E-state index contributed by atoms with van der Waals surface area (Å²) in [5.41, 5.74) is 0. The molecule has 0 heterocycles. The van der Waals surface area contributed by atoms with Crippen LogP contribution in [0.3, 0.4) is 0 Å². The van der Waals surface area contributed by atoms with Crippen LogP contribution in [-0.4, -0.2) is 0 Å². The van der Waals surface area contributed by atoms with Gasteiger partial charge in [-0.25, -0.2) is 0 Å². The predicted molar refractivity (Wildman–Crippen MR) is 43.8 cm³/mol. The molecule has 0 saturated carbocycles. The quantitative estimate of drug-likeness (QED) is 0.559. The van der Waals surface area contributed by atoms with E-state index in [2.05, 4.69) is 6.92 Å². The molecule has 0 atom stereocenters. The van der Waals surface area contributed by atoms with Crippen molar-refractivity contribution in [2.24, 2.45) is 0 Å². The molecule has 0 nitrogen and oxygen atoms in total. The SMILES string of the molecule is CCCC=CC=C(Cl)Cl. The Morgan fingerprint density at radius 2 is 2.11 bits per heavy atom. The fourth-order valence-corrected chi connectivity index (χ4v) is 0.549. The molecule has 0 fully saturated rings. The molecule has 52 valence electrons. The lowest BCUT2D eigenvalue weighted by Gasteiger charge is -1.80. The highest BCUT2D eigenvalue weighted by atomic mass is 35.5. The molecule has 0 aromatic rings. The molecule has 0 spiro atoms. The Labute approximate surface area is 66.2 Å². The zero-order valence-electron chi connectivity index (χ0n) is 5.40. The molecule has 0 saturated heterocycles. The fraction of sp³-hybridized carbons (Fsp3) is 0.429. The van der Waals surface area contributed by atoms with Crippen molar-refractivity contribution in [2.75, 3.05) is 0 Å². The second-order valence-corrected chi connectivity index (χ2v) is 2.68. The minimum Gasteiger partial charge on any atom is -0.0845 e. The molecule has 2 heteroatoms. The van der Waals surface area contributed by atoms with Gasteiger partial charge in [-0.2, -0.15) is 0 Å². The Bertz CT molecular complexity index is 110. The van der Waals surface area contributed by atoms with E-state index in [-0.39, 0.29) is 0 Å². The lowest BCUT2D eigenvalue weighted by atomic mass is 10.3. The minimum absolute atomic E-state index is 0.308. The highest BCUT2D eigenvalue weighted by molar-refractivity contribution is 6.55. The molecular formula is C7H10Cl2. The Balaban J connectivity index is 3.35. The first kappa shape index (κ1) is 9.06. The number of rotatable bonds is 3. The lowest BCUT2D eigenvalue weighted by molar-refractivity contribution is 0.959. The number of hydrogen-bond acceptors (Lipinski definition) is 0. The maximum absolute atomic E-state index is 5.33. The normalized spacial score (nSPS) is 10.1. The molecule has 0 aliphatic carbocycles. The van der Waals surface area contributed by atoms with Crippen LogP contribution in [0.15, 0.2) is 22.7 Å². The molecule has 0 rings (SSSR count). The summed E-state index contributed by atoms with van der Waals surface area (Å²) in [6, 6.07) is 0. The van der Waals surface area contributed by atoms with Gasteiger partial charge in [0.15, 0.2) is 0 Å². The van der Waals surface area contributed by atoms with Crippen LogP contribution in [0.1, 0.15) is 19.8 Å². The molecule has 0 N–H and O–H groups in total. The first-order valence-corrected chi connectivity index (χ1v) is 3.70. The van der Waals surface area contributed by atoms with Gasteiger partial charge in [-0.1, -0.05) is 48.7 Å². The average molecular weight is 165 g/mol. The van der Waals surface area contributed by atoms with Gasteiger partial charge < -0.3 is 0 Å². The maximum atomic E-state index is 5.33. The first-order chi connectivity index (χ1) is 4.27. The zero-order valence-corrected chi connectivity index (χ0v) is 6.91. The van der Waals surface area contributed by atoms with Crippen LogP contribution in [0, 0.1) is 0 Å². The summed E-state index contributed by atoms with van der Waals surface area (Å²) in [5, 5.41) is 0. The topological polar surface area (TPSA) is 0 Å². The standard InChI is InChI=1S/C7H10Cl2/c1-2-3-4-5-6-7(8)9/h4-6H,2-3H2,1H3. The van der Waals surface area contributed by atoms with E-state index in [4.69, 9.17) is 23.2 Å². The average Bonchev–Trinajstić information content (AvgIpc) is 1.80. The number of hydrogen-bond donors (Lipinski definition) is 0. The van der Waals surface area contributed by atoms with Crippen LogP contribution < -0.4 is 0 Å². The summed E-state index contributed by atoms with van der Waals surface area (Å²) >= 11 is 10.7. The van der Waals surface area contributed by atoms with Crippen LogP contribution >= 0.6 is 23.2 Å². The third kappa shape index (κ3) is 8.06. The van der Waals surface area contributed by atoms with Crippen LogP contribution in [0.4, 0.5) is 0 Å². The van der Waals surface area contributed by atoms with E-state index in [1.807, 2.05) is 12.2 Å². The number of unbranched alkanes of at least 4 members (excludes halogenated alkanes) is 1. The van der Waals surface area contributed by atoms with Gasteiger partial charge in [0.2, 0.25) is 0 Å². The van der Waals surface area contributed by atoms with Gasteiger partial charge in [-0.15, -0.1) is 0 Å². The van der Waals surface area contributed by atoms with Crippen LogP contribution in [0.25, 0.3) is 0 Å². The third-order valence-corrected chi connectivity index (χ3v) is 1.07. The minimum atomic E-state index is 0.308. The summed E-state index contributed by atoms with van der Waals surface area (Å²) < 4.78 is 0.308. The predicted octanol–water partition coefficient (Wildman–Crippen LogP) is 3.66. The zero-order chi connectivity index (χ0) is 7.11. The van der Waals surface area contributed by atoms with Gasteiger partial charge in [0.25, 0.3) is 0 Å². The molecular weight excluding hydrogens is 155 g/mol. The van der Waals surface area contributed by atoms with Crippen molar-refractivity contribution >= 4 is 23.2 Å². The van der Waals surface area contributed by atoms with Gasteiger partial charge in [-0.3, -0.25) is 0 Å². The van der Waals surface area contributed by atoms with E-state index in [0.29, 0.717) is 4.49 Å². The Morgan fingerprint density at radius 3 is 2.56 bits per heavy atom. The van der Waals surface area contributed by atoms with Crippen molar-refractivity contribution < 1.29 is 0 Å². The van der Waals surface area contributed by atoms with Crippen molar-refractivity contribution in [1.29, 1.82) is 0 Å². The maximum Gasteiger partial charge on any atom is 0.106 e. The van der Waals surface area contributed by atoms with Crippen molar-refractivity contribution in [1.82, 2.24) is 0 Å². The fourth-order valence-electron chi connectivity index (χ4n) is 0.404. The molecule has 0 aromatic carbocycles. The van der Waals surface area contributed by atoms with E-state index in [1.54, 1.807) is 6.08 Å². The van der Waals surface area contributed by atoms with E-state index >= 15 is 0 Å². The molecule has 0 amide bonds.